The Morgan fingerprint density at radius 1 is 1.69 bits per heavy atom. The minimum atomic E-state index is -0.761. The maximum absolute atomic E-state index is 12.0. The van der Waals surface area contributed by atoms with Gasteiger partial charge in [0.05, 0.1) is 5.54 Å². The highest BCUT2D eigenvalue weighted by atomic mass is 32.1. The number of nitrogens with two attached hydrogens (primary N) is 1. The predicted octanol–water partition coefficient (Wildman–Crippen LogP) is 0.779. The van der Waals surface area contributed by atoms with Crippen molar-refractivity contribution in [2.45, 2.75) is 38.1 Å². The number of nitrogens with one attached hydrogen (secondary N) is 1. The molecule has 3 N–H and O–H groups in total. The van der Waals surface area contributed by atoms with Crippen LogP contribution in [0.25, 0.3) is 0 Å². The van der Waals surface area contributed by atoms with E-state index in [9.17, 15) is 4.79 Å². The fraction of sp³-hybridized carbons (Fsp3) is 0.778. The molecule has 2 unspecified atom stereocenters. The fourth-order valence-electron chi connectivity index (χ4n) is 2.20. The van der Waals surface area contributed by atoms with Crippen LogP contribution in [0.5, 0.6) is 0 Å². The van der Waals surface area contributed by atoms with Gasteiger partial charge in [0.25, 0.3) is 0 Å². The number of hydrogen-bond acceptors (Lipinski definition) is 6. The maximum atomic E-state index is 12.0. The number of rotatable bonds is 2. The van der Waals surface area contributed by atoms with Gasteiger partial charge in [-0.15, -0.1) is 0 Å². The SMILES string of the molecule is CC1CCCC(N)(C(=O)Nc2nnns2)C1. The van der Waals surface area contributed by atoms with Crippen molar-refractivity contribution < 1.29 is 4.79 Å². The summed E-state index contributed by atoms with van der Waals surface area (Å²) in [5.74, 6) is 0.328. The zero-order valence-electron chi connectivity index (χ0n) is 9.14. The van der Waals surface area contributed by atoms with Gasteiger partial charge in [-0.3, -0.25) is 10.1 Å². The van der Waals surface area contributed by atoms with Crippen LogP contribution in [0.2, 0.25) is 0 Å². The molecule has 0 saturated heterocycles. The molecular formula is C9H15N5OS. The summed E-state index contributed by atoms with van der Waals surface area (Å²) in [5.41, 5.74) is 5.37. The molecule has 1 amide bonds. The molecule has 0 bridgehead atoms. The molecule has 1 saturated carbocycles. The first kappa shape index (κ1) is 11.4. The maximum Gasteiger partial charge on any atom is 0.246 e. The molecule has 6 nitrogen and oxygen atoms in total. The number of amides is 1. The molecular weight excluding hydrogens is 226 g/mol. The summed E-state index contributed by atoms with van der Waals surface area (Å²) in [4.78, 5) is 12.0. The van der Waals surface area contributed by atoms with Gasteiger partial charge in [0, 0.05) is 11.5 Å². The van der Waals surface area contributed by atoms with Gasteiger partial charge >= 0.3 is 0 Å². The van der Waals surface area contributed by atoms with Gasteiger partial charge in [-0.2, -0.15) is 0 Å². The van der Waals surface area contributed by atoms with E-state index in [1.54, 1.807) is 0 Å². The van der Waals surface area contributed by atoms with Crippen LogP contribution in [0.4, 0.5) is 5.13 Å². The summed E-state index contributed by atoms with van der Waals surface area (Å²) < 4.78 is 3.58. The zero-order chi connectivity index (χ0) is 11.6. The van der Waals surface area contributed by atoms with Crippen molar-refractivity contribution in [3.63, 3.8) is 0 Å². The normalized spacial score (nSPS) is 30.0. The lowest BCUT2D eigenvalue weighted by atomic mass is 9.76. The molecule has 88 valence electrons. The Bertz CT molecular complexity index is 368. The molecule has 1 fully saturated rings. The van der Waals surface area contributed by atoms with Crippen molar-refractivity contribution in [1.29, 1.82) is 0 Å². The van der Waals surface area contributed by atoms with Crippen molar-refractivity contribution >= 4 is 22.6 Å². The van der Waals surface area contributed by atoms with Crippen LogP contribution in [0, 0.1) is 5.92 Å². The van der Waals surface area contributed by atoms with Gasteiger partial charge in [-0.25, -0.2) is 0 Å². The minimum Gasteiger partial charge on any atom is -0.317 e. The molecule has 1 heterocycles. The Hall–Kier alpha value is -1.08. The average Bonchev–Trinajstić information content (AvgIpc) is 2.70. The van der Waals surface area contributed by atoms with E-state index in [1.807, 2.05) is 0 Å². The monoisotopic (exact) mass is 241 g/mol. The van der Waals surface area contributed by atoms with E-state index in [-0.39, 0.29) is 5.91 Å². The largest absolute Gasteiger partial charge is 0.317 e. The van der Waals surface area contributed by atoms with Crippen LogP contribution in [0.3, 0.4) is 0 Å². The lowest BCUT2D eigenvalue weighted by Gasteiger charge is -2.34. The summed E-state index contributed by atoms with van der Waals surface area (Å²) in [6.45, 7) is 2.13. The molecule has 0 aromatic carbocycles. The second-order valence-electron chi connectivity index (χ2n) is 4.48. The summed E-state index contributed by atoms with van der Waals surface area (Å²) >= 11 is 1.06. The van der Waals surface area contributed by atoms with Gasteiger partial charge in [0.1, 0.15) is 0 Å². The van der Waals surface area contributed by atoms with Crippen molar-refractivity contribution in [3.8, 4) is 0 Å². The van der Waals surface area contributed by atoms with Crippen LogP contribution >= 0.6 is 11.5 Å². The van der Waals surface area contributed by atoms with E-state index < -0.39 is 5.54 Å². The Kier molecular flexibility index (Phi) is 3.15. The highest BCUT2D eigenvalue weighted by molar-refractivity contribution is 7.09. The fourth-order valence-corrected chi connectivity index (χ4v) is 2.56. The third-order valence-corrected chi connectivity index (χ3v) is 3.52. The molecule has 2 rings (SSSR count). The highest BCUT2D eigenvalue weighted by Gasteiger charge is 2.38. The molecule has 0 radical (unpaired) electrons. The van der Waals surface area contributed by atoms with Gasteiger partial charge < -0.3 is 5.73 Å². The summed E-state index contributed by atoms with van der Waals surface area (Å²) in [6, 6.07) is 0. The Balaban J connectivity index is 2.02. The van der Waals surface area contributed by atoms with Gasteiger partial charge in [-0.1, -0.05) is 29.4 Å². The van der Waals surface area contributed by atoms with Crippen LogP contribution in [-0.4, -0.2) is 26.2 Å². The van der Waals surface area contributed by atoms with Crippen LogP contribution < -0.4 is 11.1 Å². The Labute approximate surface area is 97.8 Å². The number of hydrogen-bond donors (Lipinski definition) is 2. The Morgan fingerprint density at radius 2 is 2.50 bits per heavy atom. The van der Waals surface area contributed by atoms with Crippen molar-refractivity contribution in [2.24, 2.45) is 11.7 Å². The van der Waals surface area contributed by atoms with Crippen LogP contribution in [0.15, 0.2) is 0 Å². The van der Waals surface area contributed by atoms with Gasteiger partial charge in [0.15, 0.2) is 0 Å². The van der Waals surface area contributed by atoms with Crippen LogP contribution in [-0.2, 0) is 4.79 Å². The van der Waals surface area contributed by atoms with E-state index in [1.165, 1.54) is 0 Å². The summed E-state index contributed by atoms with van der Waals surface area (Å²) in [6.07, 6.45) is 3.60. The molecule has 2 atom stereocenters. The number of carbonyl (C=O) groups is 1. The molecule has 0 aliphatic heterocycles. The average molecular weight is 241 g/mol. The van der Waals surface area contributed by atoms with E-state index in [4.69, 9.17) is 5.73 Å². The van der Waals surface area contributed by atoms with Crippen molar-refractivity contribution in [3.05, 3.63) is 0 Å². The molecule has 16 heavy (non-hydrogen) atoms. The second-order valence-corrected chi connectivity index (χ2v) is 5.21. The standard InChI is InChI=1S/C9H15N5OS/c1-6-3-2-4-9(10,5-6)7(15)11-8-12-13-14-16-8/h6H,2-5,10H2,1H3,(H,11,12,14,15). The van der Waals surface area contributed by atoms with Gasteiger partial charge in [-0.05, 0) is 24.0 Å². The van der Waals surface area contributed by atoms with Crippen LogP contribution in [0.1, 0.15) is 32.6 Å². The lowest BCUT2D eigenvalue weighted by Crippen LogP contribution is -2.53. The van der Waals surface area contributed by atoms with E-state index >= 15 is 0 Å². The third kappa shape index (κ3) is 2.35. The van der Waals surface area contributed by atoms with E-state index in [2.05, 4.69) is 27.0 Å². The molecule has 7 heteroatoms. The number of aromatic nitrogens is 3. The summed E-state index contributed by atoms with van der Waals surface area (Å²) in [5, 5.41) is 10.2. The van der Waals surface area contributed by atoms with Gasteiger partial charge in [0.2, 0.25) is 11.0 Å². The highest BCUT2D eigenvalue weighted by Crippen LogP contribution is 2.31. The number of carbonyl (C=O) groups excluding carboxylic acids is 1. The smallest absolute Gasteiger partial charge is 0.246 e. The number of nitrogens with zero attached hydrogens (tertiary/aromatic N) is 3. The minimum absolute atomic E-state index is 0.169. The quantitative estimate of drug-likeness (QED) is 0.798. The molecule has 1 aromatic heterocycles. The first-order valence-corrected chi connectivity index (χ1v) is 6.13. The topological polar surface area (TPSA) is 93.8 Å². The van der Waals surface area contributed by atoms with E-state index in [0.717, 1.165) is 37.2 Å². The molecule has 1 aromatic rings. The summed E-state index contributed by atoms with van der Waals surface area (Å²) in [7, 11) is 0. The van der Waals surface area contributed by atoms with Crippen molar-refractivity contribution in [1.82, 2.24) is 14.8 Å². The molecule has 1 aliphatic rings. The van der Waals surface area contributed by atoms with Crippen molar-refractivity contribution in [2.75, 3.05) is 5.32 Å². The first-order valence-electron chi connectivity index (χ1n) is 5.35. The zero-order valence-corrected chi connectivity index (χ0v) is 9.96. The molecule has 1 aliphatic carbocycles. The first-order chi connectivity index (χ1) is 7.60. The molecule has 0 spiro atoms. The predicted molar refractivity (Wildman–Crippen MR) is 60.9 cm³/mol. The second kappa shape index (κ2) is 4.42. The number of anilines is 1. The van der Waals surface area contributed by atoms with E-state index in [0.29, 0.717) is 11.0 Å². The Morgan fingerprint density at radius 3 is 3.12 bits per heavy atom. The lowest BCUT2D eigenvalue weighted by molar-refractivity contribution is -0.122. The third-order valence-electron chi connectivity index (χ3n) is 3.00.